The molecule has 0 unspecified atom stereocenters. The number of methoxy groups -OCH3 is 2. The summed E-state index contributed by atoms with van der Waals surface area (Å²) in [5, 5.41) is 3.05. The van der Waals surface area contributed by atoms with Crippen LogP contribution in [-0.2, 0) is 4.79 Å². The van der Waals surface area contributed by atoms with Crippen LogP contribution in [-0.4, -0.2) is 20.1 Å². The summed E-state index contributed by atoms with van der Waals surface area (Å²) < 4.78 is 10.4. The number of amides is 1. The first-order valence-corrected chi connectivity index (χ1v) is 7.25. The zero-order valence-corrected chi connectivity index (χ0v) is 13.1. The molecule has 0 bridgehead atoms. The maximum atomic E-state index is 11.9. The molecular formula is C18H21NO3. The molecule has 0 aliphatic rings. The molecule has 0 saturated carbocycles. The summed E-state index contributed by atoms with van der Waals surface area (Å²) in [6.07, 6.45) is 0.447. The SMILES string of the molecule is CCC(=O)NC(c1ccc(OC)cc1)c1ccc(OC)cc1. The predicted molar refractivity (Wildman–Crippen MR) is 86.3 cm³/mol. The van der Waals surface area contributed by atoms with Gasteiger partial charge in [-0.15, -0.1) is 0 Å². The summed E-state index contributed by atoms with van der Waals surface area (Å²) in [6.45, 7) is 1.84. The molecule has 0 aliphatic heterocycles. The molecule has 2 rings (SSSR count). The minimum atomic E-state index is -0.190. The van der Waals surface area contributed by atoms with E-state index < -0.39 is 0 Å². The van der Waals surface area contributed by atoms with E-state index in [0.717, 1.165) is 22.6 Å². The van der Waals surface area contributed by atoms with Crippen molar-refractivity contribution in [2.45, 2.75) is 19.4 Å². The van der Waals surface area contributed by atoms with Crippen LogP contribution in [0.5, 0.6) is 11.5 Å². The second-order valence-corrected chi connectivity index (χ2v) is 4.90. The van der Waals surface area contributed by atoms with E-state index in [1.807, 2.05) is 55.5 Å². The van der Waals surface area contributed by atoms with Crippen LogP contribution in [0.3, 0.4) is 0 Å². The van der Waals surface area contributed by atoms with E-state index in [-0.39, 0.29) is 11.9 Å². The van der Waals surface area contributed by atoms with Crippen LogP contribution in [0.1, 0.15) is 30.5 Å². The number of ether oxygens (including phenoxy) is 2. The van der Waals surface area contributed by atoms with E-state index in [0.29, 0.717) is 6.42 Å². The molecule has 4 heteroatoms. The molecule has 2 aromatic rings. The number of rotatable bonds is 6. The summed E-state index contributed by atoms with van der Waals surface area (Å²) >= 11 is 0. The molecule has 0 saturated heterocycles. The third-order valence-corrected chi connectivity index (χ3v) is 3.52. The van der Waals surface area contributed by atoms with Gasteiger partial charge in [0.05, 0.1) is 20.3 Å². The van der Waals surface area contributed by atoms with Crippen LogP contribution in [0.25, 0.3) is 0 Å². The Balaban J connectivity index is 2.33. The zero-order chi connectivity index (χ0) is 15.9. The fourth-order valence-corrected chi connectivity index (χ4v) is 2.21. The van der Waals surface area contributed by atoms with Crippen LogP contribution in [0, 0.1) is 0 Å². The van der Waals surface area contributed by atoms with Gasteiger partial charge >= 0.3 is 0 Å². The van der Waals surface area contributed by atoms with Crippen LogP contribution >= 0.6 is 0 Å². The molecular weight excluding hydrogens is 278 g/mol. The summed E-state index contributed by atoms with van der Waals surface area (Å²) in [7, 11) is 3.27. The van der Waals surface area contributed by atoms with Crippen molar-refractivity contribution in [3.8, 4) is 11.5 Å². The smallest absolute Gasteiger partial charge is 0.220 e. The van der Waals surface area contributed by atoms with Crippen molar-refractivity contribution < 1.29 is 14.3 Å². The Hall–Kier alpha value is -2.49. The van der Waals surface area contributed by atoms with Gasteiger partial charge in [-0.3, -0.25) is 4.79 Å². The minimum absolute atomic E-state index is 0.0108. The van der Waals surface area contributed by atoms with Crippen molar-refractivity contribution in [2.24, 2.45) is 0 Å². The molecule has 1 amide bonds. The van der Waals surface area contributed by atoms with E-state index in [1.165, 1.54) is 0 Å². The van der Waals surface area contributed by atoms with Crippen molar-refractivity contribution in [3.05, 3.63) is 59.7 Å². The lowest BCUT2D eigenvalue weighted by Crippen LogP contribution is -2.28. The first-order chi connectivity index (χ1) is 10.7. The van der Waals surface area contributed by atoms with E-state index >= 15 is 0 Å². The van der Waals surface area contributed by atoms with Crippen molar-refractivity contribution in [3.63, 3.8) is 0 Å². The number of carbonyl (C=O) groups is 1. The maximum Gasteiger partial charge on any atom is 0.220 e. The topological polar surface area (TPSA) is 47.6 Å². The van der Waals surface area contributed by atoms with Gasteiger partial charge in [-0.25, -0.2) is 0 Å². The lowest BCUT2D eigenvalue weighted by Gasteiger charge is -2.20. The average Bonchev–Trinajstić information content (AvgIpc) is 2.59. The minimum Gasteiger partial charge on any atom is -0.497 e. The quantitative estimate of drug-likeness (QED) is 0.890. The zero-order valence-electron chi connectivity index (χ0n) is 13.1. The molecule has 22 heavy (non-hydrogen) atoms. The summed E-state index contributed by atoms with van der Waals surface area (Å²) in [6, 6.07) is 15.2. The Morgan fingerprint density at radius 2 is 1.32 bits per heavy atom. The monoisotopic (exact) mass is 299 g/mol. The number of carbonyl (C=O) groups excluding carboxylic acids is 1. The Labute approximate surface area is 131 Å². The lowest BCUT2D eigenvalue weighted by atomic mass is 9.98. The normalized spacial score (nSPS) is 10.4. The second-order valence-electron chi connectivity index (χ2n) is 4.90. The molecule has 2 aromatic carbocycles. The number of benzene rings is 2. The standard InChI is InChI=1S/C18H21NO3/c1-4-17(20)19-18(13-5-9-15(21-2)10-6-13)14-7-11-16(22-3)12-8-14/h5-12,18H,4H2,1-3H3,(H,19,20). The van der Waals surface area contributed by atoms with Gasteiger partial charge in [-0.1, -0.05) is 31.2 Å². The molecule has 0 aliphatic carbocycles. The molecule has 1 N–H and O–H groups in total. The van der Waals surface area contributed by atoms with Crippen LogP contribution in [0.4, 0.5) is 0 Å². The first-order valence-electron chi connectivity index (χ1n) is 7.25. The van der Waals surface area contributed by atoms with E-state index in [9.17, 15) is 4.79 Å². The average molecular weight is 299 g/mol. The van der Waals surface area contributed by atoms with Gasteiger partial charge in [0.25, 0.3) is 0 Å². The molecule has 0 aromatic heterocycles. The van der Waals surface area contributed by atoms with Gasteiger partial charge in [0.15, 0.2) is 0 Å². The molecule has 0 fully saturated rings. The van der Waals surface area contributed by atoms with Gasteiger partial charge in [0, 0.05) is 6.42 Å². The Bertz CT molecular complexity index is 558. The highest BCUT2D eigenvalue weighted by Gasteiger charge is 2.16. The van der Waals surface area contributed by atoms with Gasteiger partial charge < -0.3 is 14.8 Å². The highest BCUT2D eigenvalue weighted by molar-refractivity contribution is 5.76. The highest BCUT2D eigenvalue weighted by Crippen LogP contribution is 2.26. The lowest BCUT2D eigenvalue weighted by molar-refractivity contribution is -0.121. The fourth-order valence-electron chi connectivity index (χ4n) is 2.21. The molecule has 0 spiro atoms. The third-order valence-electron chi connectivity index (χ3n) is 3.52. The van der Waals surface area contributed by atoms with E-state index in [2.05, 4.69) is 5.32 Å². The molecule has 0 atom stereocenters. The van der Waals surface area contributed by atoms with E-state index in [4.69, 9.17) is 9.47 Å². The number of hydrogen-bond donors (Lipinski definition) is 1. The van der Waals surface area contributed by atoms with Crippen molar-refractivity contribution in [2.75, 3.05) is 14.2 Å². The fraction of sp³-hybridized carbons (Fsp3) is 0.278. The summed E-state index contributed by atoms with van der Waals surface area (Å²) in [5.74, 6) is 1.59. The molecule has 0 radical (unpaired) electrons. The van der Waals surface area contributed by atoms with Gasteiger partial charge in [0.2, 0.25) is 5.91 Å². The third kappa shape index (κ3) is 3.79. The van der Waals surface area contributed by atoms with Crippen molar-refractivity contribution in [1.82, 2.24) is 5.32 Å². The largest absolute Gasteiger partial charge is 0.497 e. The van der Waals surface area contributed by atoms with Gasteiger partial charge in [-0.2, -0.15) is 0 Å². The van der Waals surface area contributed by atoms with Gasteiger partial charge in [0.1, 0.15) is 11.5 Å². The van der Waals surface area contributed by atoms with Crippen molar-refractivity contribution in [1.29, 1.82) is 0 Å². The Morgan fingerprint density at radius 1 is 0.909 bits per heavy atom. The molecule has 0 heterocycles. The molecule has 4 nitrogen and oxygen atoms in total. The van der Waals surface area contributed by atoms with Crippen molar-refractivity contribution >= 4 is 5.91 Å². The Kier molecular flexibility index (Phi) is 5.42. The predicted octanol–water partition coefficient (Wildman–Crippen LogP) is 3.32. The van der Waals surface area contributed by atoms with Crippen LogP contribution in [0.2, 0.25) is 0 Å². The molecule has 116 valence electrons. The first kappa shape index (κ1) is 15.9. The van der Waals surface area contributed by atoms with Gasteiger partial charge in [-0.05, 0) is 35.4 Å². The van der Waals surface area contributed by atoms with E-state index in [1.54, 1.807) is 14.2 Å². The van der Waals surface area contributed by atoms with Crippen LogP contribution in [0.15, 0.2) is 48.5 Å². The Morgan fingerprint density at radius 3 is 1.64 bits per heavy atom. The maximum absolute atomic E-state index is 11.9. The highest BCUT2D eigenvalue weighted by atomic mass is 16.5. The summed E-state index contributed by atoms with van der Waals surface area (Å²) in [5.41, 5.74) is 2.01. The number of hydrogen-bond acceptors (Lipinski definition) is 3. The second kappa shape index (κ2) is 7.50. The number of nitrogens with one attached hydrogen (secondary N) is 1. The van der Waals surface area contributed by atoms with Crippen LogP contribution < -0.4 is 14.8 Å². The summed E-state index contributed by atoms with van der Waals surface area (Å²) in [4.78, 5) is 11.9.